The minimum Gasteiger partial charge on any atom is -0.496 e. The predicted molar refractivity (Wildman–Crippen MR) is 55.0 cm³/mol. The highest BCUT2D eigenvalue weighted by Crippen LogP contribution is 2.33. The van der Waals surface area contributed by atoms with Gasteiger partial charge in [0.15, 0.2) is 0 Å². The van der Waals surface area contributed by atoms with Crippen LogP contribution in [0.3, 0.4) is 0 Å². The highest BCUT2D eigenvalue weighted by atomic mass is 16.5. The smallest absolute Gasteiger partial charge is 0.148 e. The minimum absolute atomic E-state index is 0.00417. The molecule has 1 fully saturated rings. The number of hydrogen-bond acceptors (Lipinski definition) is 3. The fourth-order valence-corrected chi connectivity index (χ4v) is 1.97. The summed E-state index contributed by atoms with van der Waals surface area (Å²) in [7, 11) is 1.54. The number of carbonyl (C=O) groups is 2. The van der Waals surface area contributed by atoms with E-state index in [2.05, 4.69) is 0 Å². The molecule has 1 aliphatic rings. The van der Waals surface area contributed by atoms with Gasteiger partial charge in [0.2, 0.25) is 0 Å². The summed E-state index contributed by atoms with van der Waals surface area (Å²) in [6.45, 7) is 0. The number of para-hydroxylation sites is 1. The number of benzene rings is 1. The van der Waals surface area contributed by atoms with E-state index in [4.69, 9.17) is 4.74 Å². The quantitative estimate of drug-likeness (QED) is 0.689. The average Bonchev–Trinajstić information content (AvgIpc) is 2.59. The van der Waals surface area contributed by atoms with E-state index in [1.807, 2.05) is 12.1 Å². The van der Waals surface area contributed by atoms with Crippen LogP contribution in [-0.2, 0) is 9.59 Å². The Bertz CT molecular complexity index is 393. The summed E-state index contributed by atoms with van der Waals surface area (Å²) in [4.78, 5) is 23.2. The van der Waals surface area contributed by atoms with Gasteiger partial charge < -0.3 is 4.74 Å². The van der Waals surface area contributed by atoms with E-state index in [1.54, 1.807) is 19.2 Å². The topological polar surface area (TPSA) is 43.4 Å². The van der Waals surface area contributed by atoms with Gasteiger partial charge in [0, 0.05) is 18.4 Å². The Morgan fingerprint density at radius 1 is 1.13 bits per heavy atom. The lowest BCUT2D eigenvalue weighted by Gasteiger charge is -2.11. The Hall–Kier alpha value is -1.64. The first kappa shape index (κ1) is 9.90. The maximum atomic E-state index is 11.6. The second-order valence-electron chi connectivity index (χ2n) is 3.61. The van der Waals surface area contributed by atoms with Crippen LogP contribution in [0, 0.1) is 0 Å². The molecule has 3 heteroatoms. The van der Waals surface area contributed by atoms with E-state index in [0.29, 0.717) is 24.2 Å². The maximum absolute atomic E-state index is 11.6. The first-order chi connectivity index (χ1) is 7.24. The summed E-state index contributed by atoms with van der Waals surface area (Å²) in [5.74, 6) is 0.0289. The molecule has 0 bridgehead atoms. The highest BCUT2D eigenvalue weighted by Gasteiger charge is 2.35. The lowest BCUT2D eigenvalue weighted by Crippen LogP contribution is -2.12. The molecule has 2 rings (SSSR count). The van der Waals surface area contributed by atoms with Crippen LogP contribution in [0.1, 0.15) is 24.3 Å². The van der Waals surface area contributed by atoms with Gasteiger partial charge in [-0.25, -0.2) is 0 Å². The summed E-state index contributed by atoms with van der Waals surface area (Å²) in [6, 6.07) is 7.20. The van der Waals surface area contributed by atoms with E-state index in [9.17, 15) is 9.59 Å². The maximum Gasteiger partial charge on any atom is 0.148 e. The van der Waals surface area contributed by atoms with E-state index in [1.165, 1.54) is 0 Å². The first-order valence-corrected chi connectivity index (χ1v) is 4.92. The fourth-order valence-electron chi connectivity index (χ4n) is 1.97. The van der Waals surface area contributed by atoms with Crippen molar-refractivity contribution in [3.63, 3.8) is 0 Å². The van der Waals surface area contributed by atoms with Gasteiger partial charge in [0.25, 0.3) is 0 Å². The number of rotatable bonds is 2. The molecule has 0 aliphatic heterocycles. The van der Waals surface area contributed by atoms with E-state index in [0.717, 1.165) is 0 Å². The van der Waals surface area contributed by atoms with Gasteiger partial charge in [0.1, 0.15) is 23.2 Å². The second kappa shape index (κ2) is 3.85. The number of Topliss-reactive ketones (excluding diaryl/α,β-unsaturated/α-hetero) is 2. The zero-order chi connectivity index (χ0) is 10.8. The van der Waals surface area contributed by atoms with Crippen LogP contribution < -0.4 is 4.74 Å². The second-order valence-corrected chi connectivity index (χ2v) is 3.61. The minimum atomic E-state index is -0.596. The molecule has 1 aromatic rings. The Labute approximate surface area is 88.1 Å². The highest BCUT2D eigenvalue weighted by molar-refractivity contribution is 6.13. The molecule has 1 saturated carbocycles. The monoisotopic (exact) mass is 204 g/mol. The van der Waals surface area contributed by atoms with E-state index >= 15 is 0 Å². The Morgan fingerprint density at radius 3 is 2.33 bits per heavy atom. The number of hydrogen-bond donors (Lipinski definition) is 0. The summed E-state index contributed by atoms with van der Waals surface area (Å²) in [6.07, 6.45) is 0.725. The van der Waals surface area contributed by atoms with Crippen LogP contribution in [-0.4, -0.2) is 18.7 Å². The summed E-state index contributed by atoms with van der Waals surface area (Å²) in [5.41, 5.74) is 0.701. The van der Waals surface area contributed by atoms with Crippen molar-refractivity contribution in [2.75, 3.05) is 7.11 Å². The number of methoxy groups -OCH3 is 1. The van der Waals surface area contributed by atoms with E-state index < -0.39 is 5.92 Å². The van der Waals surface area contributed by atoms with Crippen molar-refractivity contribution in [1.82, 2.24) is 0 Å². The predicted octanol–water partition coefficient (Wildman–Crippen LogP) is 1.71. The van der Waals surface area contributed by atoms with Crippen molar-refractivity contribution >= 4 is 11.6 Å². The third-order valence-electron chi connectivity index (χ3n) is 2.71. The van der Waals surface area contributed by atoms with Crippen LogP contribution >= 0.6 is 0 Å². The molecule has 15 heavy (non-hydrogen) atoms. The molecule has 0 radical (unpaired) electrons. The molecule has 0 aromatic heterocycles. The van der Waals surface area contributed by atoms with Crippen molar-refractivity contribution in [3.8, 4) is 5.75 Å². The normalized spacial score (nSPS) is 17.1. The van der Waals surface area contributed by atoms with Crippen molar-refractivity contribution in [2.24, 2.45) is 0 Å². The van der Waals surface area contributed by atoms with Gasteiger partial charge in [-0.3, -0.25) is 9.59 Å². The van der Waals surface area contributed by atoms with Gasteiger partial charge >= 0.3 is 0 Å². The van der Waals surface area contributed by atoms with Crippen LogP contribution in [0.4, 0.5) is 0 Å². The molecule has 78 valence electrons. The molecule has 0 heterocycles. The zero-order valence-corrected chi connectivity index (χ0v) is 8.53. The standard InChI is InChI=1S/C12H12O3/c1-15-11-5-3-2-4-8(11)12-9(13)6-7-10(12)14/h2-5,12H,6-7H2,1H3. The van der Waals surface area contributed by atoms with Crippen molar-refractivity contribution in [1.29, 1.82) is 0 Å². The molecule has 0 spiro atoms. The van der Waals surface area contributed by atoms with Gasteiger partial charge in [-0.05, 0) is 6.07 Å². The molecule has 0 unspecified atom stereocenters. The molecular weight excluding hydrogens is 192 g/mol. The lowest BCUT2D eigenvalue weighted by atomic mass is 9.95. The number of carbonyl (C=O) groups excluding carboxylic acids is 2. The van der Waals surface area contributed by atoms with Crippen LogP contribution in [0.5, 0.6) is 5.75 Å². The molecule has 0 amide bonds. The average molecular weight is 204 g/mol. The van der Waals surface area contributed by atoms with Gasteiger partial charge in [0.05, 0.1) is 7.11 Å². The van der Waals surface area contributed by atoms with Crippen LogP contribution in [0.25, 0.3) is 0 Å². The third-order valence-corrected chi connectivity index (χ3v) is 2.71. The summed E-state index contributed by atoms with van der Waals surface area (Å²) < 4.78 is 5.15. The number of ketones is 2. The Morgan fingerprint density at radius 2 is 1.73 bits per heavy atom. The van der Waals surface area contributed by atoms with Crippen molar-refractivity contribution in [3.05, 3.63) is 29.8 Å². The molecule has 0 saturated heterocycles. The van der Waals surface area contributed by atoms with Crippen molar-refractivity contribution < 1.29 is 14.3 Å². The summed E-state index contributed by atoms with van der Waals surface area (Å²) >= 11 is 0. The van der Waals surface area contributed by atoms with Crippen LogP contribution in [0.2, 0.25) is 0 Å². The van der Waals surface area contributed by atoms with E-state index in [-0.39, 0.29) is 11.6 Å². The SMILES string of the molecule is COc1ccccc1C1C(=O)CCC1=O. The first-order valence-electron chi connectivity index (χ1n) is 4.92. The third kappa shape index (κ3) is 1.65. The molecule has 0 atom stereocenters. The largest absolute Gasteiger partial charge is 0.496 e. The van der Waals surface area contributed by atoms with Gasteiger partial charge in [-0.1, -0.05) is 18.2 Å². The fraction of sp³-hybridized carbons (Fsp3) is 0.333. The molecule has 1 aliphatic carbocycles. The molecular formula is C12H12O3. The van der Waals surface area contributed by atoms with Gasteiger partial charge in [-0.15, -0.1) is 0 Å². The van der Waals surface area contributed by atoms with Crippen LogP contribution in [0.15, 0.2) is 24.3 Å². The zero-order valence-electron chi connectivity index (χ0n) is 8.53. The molecule has 0 N–H and O–H groups in total. The van der Waals surface area contributed by atoms with Gasteiger partial charge in [-0.2, -0.15) is 0 Å². The number of ether oxygens (including phenoxy) is 1. The molecule has 1 aromatic carbocycles. The molecule has 3 nitrogen and oxygen atoms in total. The lowest BCUT2D eigenvalue weighted by molar-refractivity contribution is -0.123. The van der Waals surface area contributed by atoms with Crippen molar-refractivity contribution in [2.45, 2.75) is 18.8 Å². The Kier molecular flexibility index (Phi) is 2.54. The Balaban J connectivity index is 2.44. The summed E-state index contributed by atoms with van der Waals surface area (Å²) in [5, 5.41) is 0.